The fourth-order valence-corrected chi connectivity index (χ4v) is 5.11. The Labute approximate surface area is 246 Å². The molecule has 0 aliphatic heterocycles. The summed E-state index contributed by atoms with van der Waals surface area (Å²) in [6, 6.07) is 23.9. The number of aromatic nitrogens is 2. The summed E-state index contributed by atoms with van der Waals surface area (Å²) in [7, 11) is 1.50. The van der Waals surface area contributed by atoms with Crippen LogP contribution in [-0.4, -0.2) is 23.0 Å². The molecule has 204 valence electrons. The standard InChI is InChI=1S/C31H20BrClFN3O4/c1-39-27-13-18(12-23(32)29(27)40-17-19-6-2-4-8-24(19)34)16-35-37-30(36-25-9-5-3-7-22(25)31(37)38)28-15-20-14-21(33)10-11-26(20)41-28/h2-16H,17H2,1H3. The van der Waals surface area contributed by atoms with Crippen LogP contribution in [0, 0.1) is 5.82 Å². The number of rotatable bonds is 7. The van der Waals surface area contributed by atoms with Gasteiger partial charge in [0.1, 0.15) is 18.0 Å². The summed E-state index contributed by atoms with van der Waals surface area (Å²) in [5, 5.41) is 6.24. The molecule has 7 nitrogen and oxygen atoms in total. The van der Waals surface area contributed by atoms with Crippen molar-refractivity contribution in [2.24, 2.45) is 5.10 Å². The predicted molar refractivity (Wildman–Crippen MR) is 161 cm³/mol. The van der Waals surface area contributed by atoms with Gasteiger partial charge in [-0.2, -0.15) is 9.78 Å². The third-order valence-corrected chi connectivity index (χ3v) is 7.18. The van der Waals surface area contributed by atoms with Gasteiger partial charge in [-0.1, -0.05) is 41.9 Å². The van der Waals surface area contributed by atoms with Crippen LogP contribution >= 0.6 is 27.5 Å². The zero-order valence-electron chi connectivity index (χ0n) is 21.5. The van der Waals surface area contributed by atoms with Crippen molar-refractivity contribution in [2.75, 3.05) is 7.11 Å². The van der Waals surface area contributed by atoms with E-state index in [4.69, 9.17) is 30.5 Å². The topological polar surface area (TPSA) is 78.9 Å². The summed E-state index contributed by atoms with van der Waals surface area (Å²) in [6.45, 7) is 0.0132. The Kier molecular flexibility index (Phi) is 7.30. The minimum atomic E-state index is -0.365. The van der Waals surface area contributed by atoms with Gasteiger partial charge in [0.05, 0.1) is 28.7 Å². The van der Waals surface area contributed by atoms with Gasteiger partial charge in [-0.25, -0.2) is 9.37 Å². The molecule has 0 saturated heterocycles. The number of ether oxygens (including phenoxy) is 2. The number of para-hydroxylation sites is 1. The highest BCUT2D eigenvalue weighted by Gasteiger charge is 2.17. The van der Waals surface area contributed by atoms with Gasteiger partial charge in [0, 0.05) is 16.0 Å². The first-order valence-corrected chi connectivity index (χ1v) is 13.6. The van der Waals surface area contributed by atoms with E-state index in [1.165, 1.54) is 24.1 Å². The third-order valence-electron chi connectivity index (χ3n) is 6.36. The first kappa shape index (κ1) is 26.7. The Morgan fingerprint density at radius 3 is 2.71 bits per heavy atom. The SMILES string of the molecule is COc1cc(C=Nn2c(-c3cc4cc(Cl)ccc4o3)nc3ccccc3c2=O)cc(Br)c1OCc1ccccc1F. The van der Waals surface area contributed by atoms with Crippen molar-refractivity contribution in [3.05, 3.63) is 122 Å². The van der Waals surface area contributed by atoms with Gasteiger partial charge in [0.15, 0.2) is 17.3 Å². The fourth-order valence-electron chi connectivity index (χ4n) is 4.36. The molecule has 0 fully saturated rings. The van der Waals surface area contributed by atoms with Gasteiger partial charge >= 0.3 is 0 Å². The van der Waals surface area contributed by atoms with Gasteiger partial charge in [-0.05, 0) is 76.1 Å². The molecule has 0 bridgehead atoms. The van der Waals surface area contributed by atoms with E-state index in [-0.39, 0.29) is 23.8 Å². The van der Waals surface area contributed by atoms with Gasteiger partial charge in [0.25, 0.3) is 5.56 Å². The smallest absolute Gasteiger partial charge is 0.282 e. The second kappa shape index (κ2) is 11.2. The van der Waals surface area contributed by atoms with E-state index < -0.39 is 0 Å². The highest BCUT2D eigenvalue weighted by molar-refractivity contribution is 9.10. The average molecular weight is 633 g/mol. The summed E-state index contributed by atoms with van der Waals surface area (Å²) < 4.78 is 33.3. The first-order chi connectivity index (χ1) is 19.9. The van der Waals surface area contributed by atoms with Crippen LogP contribution in [0.2, 0.25) is 5.02 Å². The lowest BCUT2D eigenvalue weighted by molar-refractivity contribution is 0.278. The second-order valence-electron chi connectivity index (χ2n) is 9.02. The first-order valence-electron chi connectivity index (χ1n) is 12.4. The van der Waals surface area contributed by atoms with Crippen molar-refractivity contribution in [3.8, 4) is 23.1 Å². The summed E-state index contributed by atoms with van der Waals surface area (Å²) in [6.07, 6.45) is 1.51. The lowest BCUT2D eigenvalue weighted by Gasteiger charge is -2.14. The molecule has 0 spiro atoms. The molecule has 0 aliphatic rings. The fraction of sp³-hybridized carbons (Fsp3) is 0.0645. The van der Waals surface area contributed by atoms with Gasteiger partial charge < -0.3 is 13.9 Å². The normalized spacial score (nSPS) is 11.5. The number of nitrogens with zero attached hydrogens (tertiary/aromatic N) is 3. The van der Waals surface area contributed by atoms with Crippen molar-refractivity contribution in [1.82, 2.24) is 9.66 Å². The van der Waals surface area contributed by atoms with Crippen molar-refractivity contribution in [2.45, 2.75) is 6.61 Å². The second-order valence-corrected chi connectivity index (χ2v) is 10.3. The van der Waals surface area contributed by atoms with E-state index in [1.807, 2.05) is 6.07 Å². The van der Waals surface area contributed by atoms with E-state index in [1.54, 1.807) is 72.8 Å². The van der Waals surface area contributed by atoms with Gasteiger partial charge in [-0.15, -0.1) is 0 Å². The molecule has 6 rings (SSSR count). The predicted octanol–water partition coefficient (Wildman–Crippen LogP) is 7.83. The van der Waals surface area contributed by atoms with Crippen LogP contribution in [0.4, 0.5) is 4.39 Å². The number of furan rings is 1. The molecule has 6 aromatic rings. The molecule has 0 aliphatic carbocycles. The van der Waals surface area contributed by atoms with Crippen LogP contribution in [0.25, 0.3) is 33.5 Å². The van der Waals surface area contributed by atoms with Crippen LogP contribution in [-0.2, 0) is 6.61 Å². The van der Waals surface area contributed by atoms with Gasteiger partial charge in [0.2, 0.25) is 5.82 Å². The molecule has 2 heterocycles. The van der Waals surface area contributed by atoms with Crippen molar-refractivity contribution >= 4 is 55.6 Å². The van der Waals surface area contributed by atoms with E-state index in [2.05, 4.69) is 21.0 Å². The largest absolute Gasteiger partial charge is 0.493 e. The maximum absolute atomic E-state index is 14.1. The Hall–Kier alpha value is -4.47. The van der Waals surface area contributed by atoms with Crippen LogP contribution in [0.15, 0.2) is 104 Å². The van der Waals surface area contributed by atoms with Crippen molar-refractivity contribution in [1.29, 1.82) is 0 Å². The zero-order chi connectivity index (χ0) is 28.5. The van der Waals surface area contributed by atoms with Crippen LogP contribution in [0.3, 0.4) is 0 Å². The number of fused-ring (bicyclic) bond motifs is 2. The molecule has 0 N–H and O–H groups in total. The lowest BCUT2D eigenvalue weighted by atomic mass is 10.2. The Balaban J connectivity index is 1.40. The molecule has 0 atom stereocenters. The number of methoxy groups -OCH3 is 1. The van der Waals surface area contributed by atoms with Crippen molar-refractivity contribution < 1.29 is 18.3 Å². The summed E-state index contributed by atoms with van der Waals surface area (Å²) >= 11 is 9.67. The molecule has 0 amide bonds. The lowest BCUT2D eigenvalue weighted by Crippen LogP contribution is -2.20. The Morgan fingerprint density at radius 1 is 1.07 bits per heavy atom. The highest BCUT2D eigenvalue weighted by atomic mass is 79.9. The molecular formula is C31H20BrClFN3O4. The molecule has 0 radical (unpaired) electrons. The molecule has 2 aromatic heterocycles. The van der Waals surface area contributed by atoms with Crippen LogP contribution in [0.1, 0.15) is 11.1 Å². The number of benzene rings is 4. The van der Waals surface area contributed by atoms with E-state index in [0.717, 1.165) is 5.39 Å². The number of hydrogen-bond acceptors (Lipinski definition) is 6. The summed E-state index contributed by atoms with van der Waals surface area (Å²) in [4.78, 5) is 18.3. The maximum Gasteiger partial charge on any atom is 0.282 e. The molecule has 0 saturated carbocycles. The molecule has 41 heavy (non-hydrogen) atoms. The zero-order valence-corrected chi connectivity index (χ0v) is 23.8. The average Bonchev–Trinajstić information content (AvgIpc) is 3.39. The highest BCUT2D eigenvalue weighted by Crippen LogP contribution is 2.37. The third kappa shape index (κ3) is 5.33. The van der Waals surface area contributed by atoms with E-state index in [0.29, 0.717) is 54.4 Å². The number of hydrogen-bond donors (Lipinski definition) is 0. The minimum Gasteiger partial charge on any atom is -0.493 e. The summed E-state index contributed by atoms with van der Waals surface area (Å²) in [5.74, 6) is 1.03. The van der Waals surface area contributed by atoms with Crippen LogP contribution in [0.5, 0.6) is 11.5 Å². The van der Waals surface area contributed by atoms with Crippen molar-refractivity contribution in [3.63, 3.8) is 0 Å². The maximum atomic E-state index is 14.1. The molecule has 4 aromatic carbocycles. The van der Waals surface area contributed by atoms with Crippen LogP contribution < -0.4 is 15.0 Å². The molecular weight excluding hydrogens is 613 g/mol. The molecule has 0 unspecified atom stereocenters. The molecule has 10 heteroatoms. The van der Waals surface area contributed by atoms with E-state index >= 15 is 0 Å². The Morgan fingerprint density at radius 2 is 1.88 bits per heavy atom. The Bertz CT molecular complexity index is 2020. The minimum absolute atomic E-state index is 0.0132. The summed E-state index contributed by atoms with van der Waals surface area (Å²) in [5.41, 5.74) is 1.77. The van der Waals surface area contributed by atoms with E-state index in [9.17, 15) is 9.18 Å². The number of halogens is 3. The van der Waals surface area contributed by atoms with Gasteiger partial charge in [-0.3, -0.25) is 4.79 Å². The quantitative estimate of drug-likeness (QED) is 0.168. The monoisotopic (exact) mass is 631 g/mol.